The number of amides is 1. The third-order valence-corrected chi connectivity index (χ3v) is 4.46. The fourth-order valence-corrected chi connectivity index (χ4v) is 3.49. The number of rotatable bonds is 4. The number of primary amides is 1. The SMILES string of the molecule is Cc1ccc(C(N)=O)c(N2CCSCC2CC(=O)O)c1. The molecule has 1 fully saturated rings. The van der Waals surface area contributed by atoms with Gasteiger partial charge in [-0.25, -0.2) is 0 Å². The molecular formula is C14H18N2O3S. The molecule has 20 heavy (non-hydrogen) atoms. The van der Waals surface area contributed by atoms with Crippen molar-refractivity contribution >= 4 is 29.3 Å². The summed E-state index contributed by atoms with van der Waals surface area (Å²) in [5.41, 5.74) is 7.67. The van der Waals surface area contributed by atoms with Crippen molar-refractivity contribution in [2.45, 2.75) is 19.4 Å². The van der Waals surface area contributed by atoms with Crippen molar-refractivity contribution in [1.82, 2.24) is 0 Å². The van der Waals surface area contributed by atoms with Crippen LogP contribution in [0, 0.1) is 6.92 Å². The van der Waals surface area contributed by atoms with Gasteiger partial charge in [0.2, 0.25) is 0 Å². The summed E-state index contributed by atoms with van der Waals surface area (Å²) in [6, 6.07) is 5.36. The molecule has 1 amide bonds. The molecular weight excluding hydrogens is 276 g/mol. The Balaban J connectivity index is 2.38. The molecule has 5 nitrogen and oxygen atoms in total. The van der Waals surface area contributed by atoms with Crippen LogP contribution in [0.5, 0.6) is 0 Å². The van der Waals surface area contributed by atoms with E-state index in [1.165, 1.54) is 0 Å². The fourth-order valence-electron chi connectivity index (χ4n) is 2.43. The zero-order valence-corrected chi connectivity index (χ0v) is 12.2. The minimum Gasteiger partial charge on any atom is -0.481 e. The summed E-state index contributed by atoms with van der Waals surface area (Å²) in [6.45, 7) is 2.67. The lowest BCUT2D eigenvalue weighted by atomic mass is 10.1. The van der Waals surface area contributed by atoms with E-state index in [1.54, 1.807) is 17.8 Å². The van der Waals surface area contributed by atoms with Gasteiger partial charge in [0.1, 0.15) is 0 Å². The van der Waals surface area contributed by atoms with E-state index in [1.807, 2.05) is 24.0 Å². The van der Waals surface area contributed by atoms with Crippen molar-refractivity contribution in [3.63, 3.8) is 0 Å². The Kier molecular flexibility index (Phi) is 4.54. The summed E-state index contributed by atoms with van der Waals surface area (Å²) < 4.78 is 0. The Morgan fingerprint density at radius 2 is 2.25 bits per heavy atom. The van der Waals surface area contributed by atoms with Gasteiger partial charge in [-0.15, -0.1) is 0 Å². The number of carbonyl (C=O) groups excluding carboxylic acids is 1. The Bertz CT molecular complexity index is 533. The van der Waals surface area contributed by atoms with Crippen LogP contribution < -0.4 is 10.6 Å². The summed E-state index contributed by atoms with van der Waals surface area (Å²) in [5, 5.41) is 9.04. The minimum absolute atomic E-state index is 0.0686. The summed E-state index contributed by atoms with van der Waals surface area (Å²) in [4.78, 5) is 24.6. The topological polar surface area (TPSA) is 83.6 Å². The van der Waals surface area contributed by atoms with E-state index < -0.39 is 11.9 Å². The molecule has 0 aromatic heterocycles. The Morgan fingerprint density at radius 3 is 2.90 bits per heavy atom. The monoisotopic (exact) mass is 294 g/mol. The van der Waals surface area contributed by atoms with Crippen LogP contribution in [0.25, 0.3) is 0 Å². The van der Waals surface area contributed by atoms with E-state index >= 15 is 0 Å². The molecule has 6 heteroatoms. The molecule has 1 heterocycles. The van der Waals surface area contributed by atoms with Crippen LogP contribution >= 0.6 is 11.8 Å². The lowest BCUT2D eigenvalue weighted by Gasteiger charge is -2.37. The van der Waals surface area contributed by atoms with Gasteiger partial charge >= 0.3 is 5.97 Å². The van der Waals surface area contributed by atoms with Crippen LogP contribution in [0.4, 0.5) is 5.69 Å². The molecule has 1 unspecified atom stereocenters. The minimum atomic E-state index is -0.823. The molecule has 1 aromatic carbocycles. The lowest BCUT2D eigenvalue weighted by molar-refractivity contribution is -0.137. The average Bonchev–Trinajstić information content (AvgIpc) is 2.38. The molecule has 1 atom stereocenters. The van der Waals surface area contributed by atoms with Gasteiger partial charge in [-0.1, -0.05) is 6.07 Å². The van der Waals surface area contributed by atoms with Crippen molar-refractivity contribution in [2.75, 3.05) is 23.0 Å². The number of nitrogens with zero attached hydrogens (tertiary/aromatic N) is 1. The van der Waals surface area contributed by atoms with E-state index in [9.17, 15) is 9.59 Å². The maximum atomic E-state index is 11.6. The molecule has 0 spiro atoms. The molecule has 1 saturated heterocycles. The number of aliphatic carboxylic acids is 1. The molecule has 1 aliphatic rings. The first-order chi connectivity index (χ1) is 9.49. The second kappa shape index (κ2) is 6.17. The predicted molar refractivity (Wildman–Crippen MR) is 80.4 cm³/mol. The lowest BCUT2D eigenvalue weighted by Crippen LogP contribution is -2.44. The first-order valence-corrected chi connectivity index (χ1v) is 7.61. The van der Waals surface area contributed by atoms with Crippen molar-refractivity contribution in [3.8, 4) is 0 Å². The average molecular weight is 294 g/mol. The standard InChI is InChI=1S/C14H18N2O3S/c1-9-2-3-11(14(15)19)12(6-9)16-4-5-20-8-10(16)7-13(17)18/h2-3,6,10H,4-5,7-8H2,1H3,(H2,15,19)(H,17,18). The van der Waals surface area contributed by atoms with E-state index in [0.717, 1.165) is 29.3 Å². The number of aryl methyl sites for hydroxylation is 1. The molecule has 0 aliphatic carbocycles. The Hall–Kier alpha value is -1.69. The van der Waals surface area contributed by atoms with Crippen molar-refractivity contribution in [1.29, 1.82) is 0 Å². The molecule has 1 aromatic rings. The third kappa shape index (κ3) is 3.25. The van der Waals surface area contributed by atoms with Crippen molar-refractivity contribution in [2.24, 2.45) is 5.73 Å². The second-order valence-corrected chi connectivity index (χ2v) is 6.05. The summed E-state index contributed by atoms with van der Waals surface area (Å²) in [6.07, 6.45) is 0.0686. The normalized spacial score (nSPS) is 18.9. The highest BCUT2D eigenvalue weighted by atomic mass is 32.2. The number of carboxylic acids is 1. The van der Waals surface area contributed by atoms with Gasteiger partial charge in [-0.3, -0.25) is 9.59 Å². The highest BCUT2D eigenvalue weighted by Gasteiger charge is 2.27. The van der Waals surface area contributed by atoms with E-state index in [-0.39, 0.29) is 12.5 Å². The van der Waals surface area contributed by atoms with Gasteiger partial charge in [-0.2, -0.15) is 11.8 Å². The van der Waals surface area contributed by atoms with Gasteiger partial charge in [0.25, 0.3) is 5.91 Å². The molecule has 0 bridgehead atoms. The van der Waals surface area contributed by atoms with Gasteiger partial charge in [0, 0.05) is 24.1 Å². The van der Waals surface area contributed by atoms with E-state index in [0.29, 0.717) is 5.56 Å². The maximum Gasteiger partial charge on any atom is 0.305 e. The van der Waals surface area contributed by atoms with Crippen LogP contribution in [0.15, 0.2) is 18.2 Å². The van der Waals surface area contributed by atoms with Crippen LogP contribution in [0.3, 0.4) is 0 Å². The van der Waals surface area contributed by atoms with Crippen LogP contribution in [0.2, 0.25) is 0 Å². The van der Waals surface area contributed by atoms with Crippen LogP contribution in [-0.4, -0.2) is 41.1 Å². The molecule has 2 rings (SSSR count). The largest absolute Gasteiger partial charge is 0.481 e. The van der Waals surface area contributed by atoms with E-state index in [4.69, 9.17) is 10.8 Å². The van der Waals surface area contributed by atoms with Crippen molar-refractivity contribution in [3.05, 3.63) is 29.3 Å². The Morgan fingerprint density at radius 1 is 1.50 bits per heavy atom. The number of nitrogens with two attached hydrogens (primary N) is 1. The molecule has 0 saturated carbocycles. The zero-order valence-electron chi connectivity index (χ0n) is 11.3. The fraction of sp³-hybridized carbons (Fsp3) is 0.429. The zero-order chi connectivity index (χ0) is 14.7. The predicted octanol–water partition coefficient (Wildman–Crippen LogP) is 1.49. The molecule has 108 valence electrons. The second-order valence-electron chi connectivity index (χ2n) is 4.90. The molecule has 0 radical (unpaired) electrons. The summed E-state index contributed by atoms with van der Waals surface area (Å²) in [5.74, 6) is 0.365. The quantitative estimate of drug-likeness (QED) is 0.879. The van der Waals surface area contributed by atoms with Gasteiger partial charge in [0.15, 0.2) is 0 Å². The number of hydrogen-bond acceptors (Lipinski definition) is 4. The third-order valence-electron chi connectivity index (χ3n) is 3.37. The summed E-state index contributed by atoms with van der Waals surface area (Å²) in [7, 11) is 0. The van der Waals surface area contributed by atoms with Crippen LogP contribution in [-0.2, 0) is 4.79 Å². The molecule has 1 aliphatic heterocycles. The van der Waals surface area contributed by atoms with Crippen molar-refractivity contribution < 1.29 is 14.7 Å². The summed E-state index contributed by atoms with van der Waals surface area (Å²) >= 11 is 1.74. The highest BCUT2D eigenvalue weighted by molar-refractivity contribution is 7.99. The number of benzene rings is 1. The Labute approximate surface area is 122 Å². The number of thioether (sulfide) groups is 1. The highest BCUT2D eigenvalue weighted by Crippen LogP contribution is 2.29. The number of anilines is 1. The van der Waals surface area contributed by atoms with Gasteiger partial charge in [0.05, 0.1) is 17.7 Å². The smallest absolute Gasteiger partial charge is 0.305 e. The van der Waals surface area contributed by atoms with Gasteiger partial charge < -0.3 is 15.7 Å². The molecule has 3 N–H and O–H groups in total. The number of hydrogen-bond donors (Lipinski definition) is 2. The maximum absolute atomic E-state index is 11.6. The number of carbonyl (C=O) groups is 2. The first kappa shape index (κ1) is 14.7. The number of carboxylic acid groups (broad SMARTS) is 1. The van der Waals surface area contributed by atoms with E-state index in [2.05, 4.69) is 0 Å². The van der Waals surface area contributed by atoms with Gasteiger partial charge in [-0.05, 0) is 24.6 Å². The first-order valence-electron chi connectivity index (χ1n) is 6.45. The van der Waals surface area contributed by atoms with Crippen LogP contribution in [0.1, 0.15) is 22.3 Å².